The van der Waals surface area contributed by atoms with Gasteiger partial charge < -0.3 is 14.2 Å². The van der Waals surface area contributed by atoms with Crippen LogP contribution in [0.2, 0.25) is 0 Å². The van der Waals surface area contributed by atoms with Crippen molar-refractivity contribution in [3.8, 4) is 11.4 Å². The minimum absolute atomic E-state index is 0.185. The molecule has 0 radical (unpaired) electrons. The maximum atomic E-state index is 5.51. The van der Waals surface area contributed by atoms with Gasteiger partial charge in [-0.15, -0.1) is 5.10 Å². The van der Waals surface area contributed by atoms with Gasteiger partial charge in [-0.05, 0) is 41.1 Å². The summed E-state index contributed by atoms with van der Waals surface area (Å²) in [5.41, 5.74) is 0.899. The van der Waals surface area contributed by atoms with Gasteiger partial charge in [0.1, 0.15) is 12.5 Å². The van der Waals surface area contributed by atoms with Crippen molar-refractivity contribution in [1.82, 2.24) is 20.2 Å². The van der Waals surface area contributed by atoms with E-state index in [4.69, 9.17) is 14.2 Å². The normalized spacial score (nSPS) is 18.6. The van der Waals surface area contributed by atoms with E-state index >= 15 is 0 Å². The molecule has 0 bridgehead atoms. The average molecular weight is 308 g/mol. The van der Waals surface area contributed by atoms with Crippen molar-refractivity contribution < 1.29 is 14.2 Å². The van der Waals surface area contributed by atoms with E-state index in [0.29, 0.717) is 6.79 Å². The van der Waals surface area contributed by atoms with Gasteiger partial charge in [-0.2, -0.15) is 4.68 Å². The number of aromatic nitrogens is 4. The predicted octanol–water partition coefficient (Wildman–Crippen LogP) is 1.53. The van der Waals surface area contributed by atoms with Gasteiger partial charge in [-0.25, -0.2) is 0 Å². The number of tetrazole rings is 1. The first-order valence-corrected chi connectivity index (χ1v) is 7.60. The Balaban J connectivity index is 1.67. The fourth-order valence-electron chi connectivity index (χ4n) is 1.95. The molecular formula is C13H16N4O3S. The second kappa shape index (κ2) is 6.88. The SMILES string of the molecule is COc1ccc(-n2nnnc2SC[C@@H]2CCOCO2)cc1. The van der Waals surface area contributed by atoms with Crippen LogP contribution < -0.4 is 4.74 Å². The summed E-state index contributed by atoms with van der Waals surface area (Å²) in [4.78, 5) is 0. The molecule has 0 N–H and O–H groups in total. The van der Waals surface area contributed by atoms with Crippen LogP contribution in [0, 0.1) is 0 Å². The van der Waals surface area contributed by atoms with Gasteiger partial charge in [-0.1, -0.05) is 11.8 Å². The van der Waals surface area contributed by atoms with E-state index < -0.39 is 0 Å². The highest BCUT2D eigenvalue weighted by Gasteiger charge is 2.17. The number of methoxy groups -OCH3 is 1. The largest absolute Gasteiger partial charge is 0.497 e. The number of thioether (sulfide) groups is 1. The van der Waals surface area contributed by atoms with E-state index in [1.54, 1.807) is 23.6 Å². The van der Waals surface area contributed by atoms with E-state index in [-0.39, 0.29) is 6.10 Å². The summed E-state index contributed by atoms with van der Waals surface area (Å²) < 4.78 is 17.5. The van der Waals surface area contributed by atoms with Crippen molar-refractivity contribution in [2.45, 2.75) is 17.7 Å². The van der Waals surface area contributed by atoms with Gasteiger partial charge in [0, 0.05) is 5.75 Å². The molecule has 0 aliphatic carbocycles. The number of nitrogens with zero attached hydrogens (tertiary/aromatic N) is 4. The summed E-state index contributed by atoms with van der Waals surface area (Å²) in [5, 5.41) is 12.6. The molecule has 1 aromatic carbocycles. The zero-order valence-electron chi connectivity index (χ0n) is 11.6. The summed E-state index contributed by atoms with van der Waals surface area (Å²) in [6.45, 7) is 1.11. The van der Waals surface area contributed by atoms with E-state index in [1.807, 2.05) is 24.3 Å². The summed E-state index contributed by atoms with van der Waals surface area (Å²) in [6.07, 6.45) is 1.08. The highest BCUT2D eigenvalue weighted by Crippen LogP contribution is 2.22. The Kier molecular flexibility index (Phi) is 4.69. The number of rotatable bonds is 5. The van der Waals surface area contributed by atoms with Gasteiger partial charge in [0.25, 0.3) is 0 Å². The van der Waals surface area contributed by atoms with Gasteiger partial charge in [0.05, 0.1) is 25.5 Å². The summed E-state index contributed by atoms with van der Waals surface area (Å²) in [6, 6.07) is 7.61. The summed E-state index contributed by atoms with van der Waals surface area (Å²) in [7, 11) is 1.64. The molecule has 1 fully saturated rings. The van der Waals surface area contributed by atoms with Gasteiger partial charge in [0.2, 0.25) is 5.16 Å². The van der Waals surface area contributed by atoms with Crippen molar-refractivity contribution in [2.24, 2.45) is 0 Å². The van der Waals surface area contributed by atoms with Crippen molar-refractivity contribution in [3.63, 3.8) is 0 Å². The Morgan fingerprint density at radius 1 is 1.38 bits per heavy atom. The minimum Gasteiger partial charge on any atom is -0.497 e. The Labute approximate surface area is 126 Å². The molecule has 0 amide bonds. The highest BCUT2D eigenvalue weighted by molar-refractivity contribution is 7.99. The van der Waals surface area contributed by atoms with E-state index in [9.17, 15) is 0 Å². The molecule has 21 heavy (non-hydrogen) atoms. The van der Waals surface area contributed by atoms with Gasteiger partial charge >= 0.3 is 0 Å². The van der Waals surface area contributed by atoms with Crippen molar-refractivity contribution in [3.05, 3.63) is 24.3 Å². The van der Waals surface area contributed by atoms with Gasteiger partial charge in [-0.3, -0.25) is 0 Å². The van der Waals surface area contributed by atoms with Crippen LogP contribution in [0.25, 0.3) is 5.69 Å². The predicted molar refractivity (Wildman–Crippen MR) is 76.7 cm³/mol. The molecule has 2 aromatic rings. The maximum Gasteiger partial charge on any atom is 0.214 e. The molecule has 2 heterocycles. The Hall–Kier alpha value is -1.64. The number of hydrogen-bond acceptors (Lipinski definition) is 7. The molecule has 0 unspecified atom stereocenters. The molecular weight excluding hydrogens is 292 g/mol. The maximum absolute atomic E-state index is 5.51. The van der Waals surface area contributed by atoms with Crippen LogP contribution in [-0.4, -0.2) is 52.6 Å². The zero-order valence-corrected chi connectivity index (χ0v) is 12.5. The first-order valence-electron chi connectivity index (χ1n) is 6.62. The fourth-order valence-corrected chi connectivity index (χ4v) is 2.91. The summed E-state index contributed by atoms with van der Waals surface area (Å²) in [5.74, 6) is 1.61. The number of benzene rings is 1. The van der Waals surface area contributed by atoms with Crippen molar-refractivity contribution in [1.29, 1.82) is 0 Å². The second-order valence-electron chi connectivity index (χ2n) is 4.49. The second-order valence-corrected chi connectivity index (χ2v) is 5.47. The van der Waals surface area contributed by atoms with E-state index in [0.717, 1.165) is 35.4 Å². The van der Waals surface area contributed by atoms with Crippen LogP contribution in [0.1, 0.15) is 6.42 Å². The molecule has 0 spiro atoms. The van der Waals surface area contributed by atoms with Crippen LogP contribution in [0.3, 0.4) is 0 Å². The molecule has 1 aromatic heterocycles. The molecule has 8 heteroatoms. The summed E-state index contributed by atoms with van der Waals surface area (Å²) >= 11 is 1.58. The lowest BCUT2D eigenvalue weighted by Crippen LogP contribution is -2.25. The average Bonchev–Trinajstić information content (AvgIpc) is 3.02. The van der Waals surface area contributed by atoms with Gasteiger partial charge in [0.15, 0.2) is 0 Å². The van der Waals surface area contributed by atoms with Crippen LogP contribution in [0.4, 0.5) is 0 Å². The number of hydrogen-bond donors (Lipinski definition) is 0. The van der Waals surface area contributed by atoms with Crippen LogP contribution in [0.5, 0.6) is 5.75 Å². The third-order valence-corrected chi connectivity index (χ3v) is 4.18. The highest BCUT2D eigenvalue weighted by atomic mass is 32.2. The molecule has 1 atom stereocenters. The van der Waals surface area contributed by atoms with E-state index in [1.165, 1.54) is 0 Å². The Morgan fingerprint density at radius 2 is 2.24 bits per heavy atom. The molecule has 3 rings (SSSR count). The molecule has 1 aliphatic rings. The Bertz CT molecular complexity index is 569. The first-order chi connectivity index (χ1) is 10.4. The smallest absolute Gasteiger partial charge is 0.214 e. The number of ether oxygens (including phenoxy) is 3. The van der Waals surface area contributed by atoms with Crippen LogP contribution in [0.15, 0.2) is 29.4 Å². The van der Waals surface area contributed by atoms with Crippen LogP contribution in [-0.2, 0) is 9.47 Å². The standard InChI is InChI=1S/C13H16N4O3S/c1-18-11-4-2-10(3-5-11)17-13(14-15-16-17)21-8-12-6-7-19-9-20-12/h2-5,12H,6-9H2,1H3/t12-/m0/s1. The lowest BCUT2D eigenvalue weighted by molar-refractivity contribution is -0.130. The monoisotopic (exact) mass is 308 g/mol. The lowest BCUT2D eigenvalue weighted by atomic mass is 10.3. The molecule has 112 valence electrons. The molecule has 1 saturated heterocycles. The topological polar surface area (TPSA) is 71.3 Å². The van der Waals surface area contributed by atoms with Crippen molar-refractivity contribution >= 4 is 11.8 Å². The third kappa shape index (κ3) is 3.52. The van der Waals surface area contributed by atoms with Crippen molar-refractivity contribution in [2.75, 3.05) is 26.3 Å². The first kappa shape index (κ1) is 14.3. The fraction of sp³-hybridized carbons (Fsp3) is 0.462. The molecule has 7 nitrogen and oxygen atoms in total. The van der Waals surface area contributed by atoms with Crippen LogP contribution >= 0.6 is 11.8 Å². The third-order valence-electron chi connectivity index (χ3n) is 3.13. The molecule has 1 aliphatic heterocycles. The quantitative estimate of drug-likeness (QED) is 0.776. The lowest BCUT2D eigenvalue weighted by Gasteiger charge is -2.21. The zero-order chi connectivity index (χ0) is 14.5. The molecule has 0 saturated carbocycles. The minimum atomic E-state index is 0.185. The van der Waals surface area contributed by atoms with E-state index in [2.05, 4.69) is 15.5 Å². The Morgan fingerprint density at radius 3 is 2.95 bits per heavy atom.